The molecule has 7 nitrogen and oxygen atoms in total. The molecule has 0 aliphatic heterocycles. The van der Waals surface area contributed by atoms with Gasteiger partial charge in [0.1, 0.15) is 0 Å². The fraction of sp³-hybridized carbons (Fsp3) is 0.357. The molecule has 0 radical (unpaired) electrons. The van der Waals surface area contributed by atoms with Crippen LogP contribution in [0, 0.1) is 0 Å². The van der Waals surface area contributed by atoms with Gasteiger partial charge in [0.05, 0.1) is 6.61 Å². The molecule has 1 aromatic rings. The third-order valence-corrected chi connectivity index (χ3v) is 2.14. The minimum absolute atomic E-state index is 0.0245. The first kappa shape index (κ1) is 16.6. The Morgan fingerprint density at radius 3 is 1.62 bits per heavy atom. The Kier molecular flexibility index (Phi) is 5.86. The summed E-state index contributed by atoms with van der Waals surface area (Å²) in [6.07, 6.45) is 0. The Labute approximate surface area is 121 Å². The van der Waals surface area contributed by atoms with Crippen molar-refractivity contribution >= 4 is 17.9 Å². The van der Waals surface area contributed by atoms with E-state index < -0.39 is 17.9 Å². The van der Waals surface area contributed by atoms with Gasteiger partial charge in [-0.2, -0.15) is 0 Å². The smallest absolute Gasteiger partial charge is 0.308 e. The Bertz CT molecular complexity index is 525. The minimum Gasteiger partial charge on any atom is -0.423 e. The Morgan fingerprint density at radius 1 is 0.857 bits per heavy atom. The normalized spacial score (nSPS) is 9.90. The van der Waals surface area contributed by atoms with E-state index in [1.165, 1.54) is 40.0 Å². The molecule has 21 heavy (non-hydrogen) atoms. The maximum atomic E-state index is 11.2. The van der Waals surface area contributed by atoms with Crippen LogP contribution in [0.5, 0.6) is 17.2 Å². The molecule has 0 bridgehead atoms. The summed E-state index contributed by atoms with van der Waals surface area (Å²) in [4.78, 5) is 33.5. The zero-order valence-corrected chi connectivity index (χ0v) is 12.2. The average molecular weight is 296 g/mol. The van der Waals surface area contributed by atoms with Gasteiger partial charge in [-0.05, 0) is 17.7 Å². The largest absolute Gasteiger partial charge is 0.423 e. The summed E-state index contributed by atoms with van der Waals surface area (Å²) in [5.41, 5.74) is 0.584. The Balaban J connectivity index is 3.38. The van der Waals surface area contributed by atoms with Crippen LogP contribution in [0.3, 0.4) is 0 Å². The molecule has 7 heteroatoms. The van der Waals surface area contributed by atoms with Crippen molar-refractivity contribution in [3.63, 3.8) is 0 Å². The zero-order valence-electron chi connectivity index (χ0n) is 12.2. The molecule has 0 N–H and O–H groups in total. The number of methoxy groups -OCH3 is 1. The van der Waals surface area contributed by atoms with Crippen LogP contribution in [-0.2, 0) is 25.7 Å². The van der Waals surface area contributed by atoms with Gasteiger partial charge in [0, 0.05) is 27.9 Å². The second-order valence-corrected chi connectivity index (χ2v) is 4.14. The first-order valence-electron chi connectivity index (χ1n) is 6.04. The van der Waals surface area contributed by atoms with Crippen LogP contribution < -0.4 is 14.2 Å². The van der Waals surface area contributed by atoms with E-state index in [1.54, 1.807) is 0 Å². The minimum atomic E-state index is -0.642. The molecule has 0 aliphatic carbocycles. The SMILES string of the molecule is COCc1cc(OC(C)=O)c(OC(C)=O)c(OC(C)=O)c1. The second-order valence-electron chi connectivity index (χ2n) is 4.14. The molecule has 0 saturated heterocycles. The van der Waals surface area contributed by atoms with Gasteiger partial charge >= 0.3 is 17.9 Å². The topological polar surface area (TPSA) is 88.1 Å². The van der Waals surface area contributed by atoms with E-state index in [4.69, 9.17) is 18.9 Å². The summed E-state index contributed by atoms with van der Waals surface area (Å²) < 4.78 is 19.9. The van der Waals surface area contributed by atoms with Crippen molar-refractivity contribution in [1.82, 2.24) is 0 Å². The third-order valence-electron chi connectivity index (χ3n) is 2.14. The van der Waals surface area contributed by atoms with Crippen LogP contribution in [0.4, 0.5) is 0 Å². The molecule has 0 atom stereocenters. The number of rotatable bonds is 5. The summed E-state index contributed by atoms with van der Waals surface area (Å²) in [6.45, 7) is 3.78. The molecule has 0 amide bonds. The predicted octanol–water partition coefficient (Wildman–Crippen LogP) is 1.61. The quantitative estimate of drug-likeness (QED) is 0.602. The van der Waals surface area contributed by atoms with E-state index in [-0.39, 0.29) is 23.9 Å². The van der Waals surface area contributed by atoms with Crippen LogP contribution in [-0.4, -0.2) is 25.0 Å². The first-order valence-corrected chi connectivity index (χ1v) is 6.04. The van der Waals surface area contributed by atoms with Gasteiger partial charge in [0.15, 0.2) is 11.5 Å². The lowest BCUT2D eigenvalue weighted by Gasteiger charge is -2.14. The molecule has 0 heterocycles. The van der Waals surface area contributed by atoms with E-state index in [9.17, 15) is 14.4 Å². The number of hydrogen-bond donors (Lipinski definition) is 0. The summed E-state index contributed by atoms with van der Waals surface area (Å²) >= 11 is 0. The molecule has 0 aliphatic rings. The lowest BCUT2D eigenvalue weighted by atomic mass is 10.2. The van der Waals surface area contributed by atoms with Crippen molar-refractivity contribution in [3.8, 4) is 17.2 Å². The molecule has 1 aromatic carbocycles. The molecule has 0 fully saturated rings. The van der Waals surface area contributed by atoms with E-state index in [1.807, 2.05) is 0 Å². The highest BCUT2D eigenvalue weighted by Gasteiger charge is 2.20. The van der Waals surface area contributed by atoms with Crippen LogP contribution in [0.1, 0.15) is 26.3 Å². The number of carbonyl (C=O) groups is 3. The third kappa shape index (κ3) is 5.23. The summed E-state index contributed by atoms with van der Waals surface area (Å²) in [6, 6.07) is 2.94. The fourth-order valence-electron chi connectivity index (χ4n) is 1.59. The second kappa shape index (κ2) is 7.39. The predicted molar refractivity (Wildman–Crippen MR) is 71.1 cm³/mol. The van der Waals surface area contributed by atoms with Crippen molar-refractivity contribution in [3.05, 3.63) is 17.7 Å². The summed E-state index contributed by atoms with van der Waals surface area (Å²) in [5.74, 6) is -2.03. The average Bonchev–Trinajstić information content (AvgIpc) is 2.32. The van der Waals surface area contributed by atoms with Gasteiger partial charge in [-0.15, -0.1) is 0 Å². The van der Waals surface area contributed by atoms with Gasteiger partial charge in [-0.1, -0.05) is 0 Å². The summed E-state index contributed by atoms with van der Waals surface area (Å²) in [7, 11) is 1.48. The number of ether oxygens (including phenoxy) is 4. The molecule has 0 aromatic heterocycles. The number of benzene rings is 1. The highest BCUT2D eigenvalue weighted by atomic mass is 16.6. The standard InChI is InChI=1S/C14H16O7/c1-8(15)19-12-5-11(7-18-4)6-13(20-9(2)16)14(12)21-10(3)17/h5-6H,7H2,1-4H3. The lowest BCUT2D eigenvalue weighted by molar-refractivity contribution is -0.135. The van der Waals surface area contributed by atoms with Gasteiger partial charge < -0.3 is 18.9 Å². The van der Waals surface area contributed by atoms with Gasteiger partial charge in [0.2, 0.25) is 5.75 Å². The number of esters is 3. The zero-order chi connectivity index (χ0) is 16.0. The molecule has 1 rings (SSSR count). The molecule has 0 unspecified atom stereocenters. The van der Waals surface area contributed by atoms with Gasteiger partial charge in [-0.25, -0.2) is 0 Å². The first-order chi connectivity index (χ1) is 9.83. The van der Waals surface area contributed by atoms with Crippen LogP contribution in [0.25, 0.3) is 0 Å². The monoisotopic (exact) mass is 296 g/mol. The Morgan fingerprint density at radius 2 is 1.29 bits per heavy atom. The van der Waals surface area contributed by atoms with E-state index in [0.29, 0.717) is 5.56 Å². The van der Waals surface area contributed by atoms with E-state index in [2.05, 4.69) is 0 Å². The van der Waals surface area contributed by atoms with Crippen molar-refractivity contribution < 1.29 is 33.3 Å². The van der Waals surface area contributed by atoms with Crippen molar-refractivity contribution in [2.45, 2.75) is 27.4 Å². The van der Waals surface area contributed by atoms with Crippen LogP contribution in [0.15, 0.2) is 12.1 Å². The number of hydrogen-bond acceptors (Lipinski definition) is 7. The number of carbonyl (C=O) groups excluding carboxylic acids is 3. The summed E-state index contributed by atoms with van der Waals surface area (Å²) in [5, 5.41) is 0. The lowest BCUT2D eigenvalue weighted by Crippen LogP contribution is -2.11. The molecular weight excluding hydrogens is 280 g/mol. The van der Waals surface area contributed by atoms with Crippen molar-refractivity contribution in [2.24, 2.45) is 0 Å². The molecule has 114 valence electrons. The highest BCUT2D eigenvalue weighted by molar-refractivity contribution is 5.77. The van der Waals surface area contributed by atoms with Crippen molar-refractivity contribution in [2.75, 3.05) is 7.11 Å². The van der Waals surface area contributed by atoms with E-state index in [0.717, 1.165) is 0 Å². The van der Waals surface area contributed by atoms with E-state index >= 15 is 0 Å². The maximum absolute atomic E-state index is 11.2. The fourth-order valence-corrected chi connectivity index (χ4v) is 1.59. The maximum Gasteiger partial charge on any atom is 0.308 e. The van der Waals surface area contributed by atoms with Crippen LogP contribution in [0.2, 0.25) is 0 Å². The van der Waals surface area contributed by atoms with Gasteiger partial charge in [-0.3, -0.25) is 14.4 Å². The van der Waals surface area contributed by atoms with Gasteiger partial charge in [0.25, 0.3) is 0 Å². The molecule has 0 spiro atoms. The van der Waals surface area contributed by atoms with Crippen molar-refractivity contribution in [1.29, 1.82) is 0 Å². The molecular formula is C14H16O7. The highest BCUT2D eigenvalue weighted by Crippen LogP contribution is 2.39. The van der Waals surface area contributed by atoms with Crippen LogP contribution >= 0.6 is 0 Å². The Hall–Kier alpha value is -2.41. The molecule has 0 saturated carbocycles.